The van der Waals surface area contributed by atoms with Gasteiger partial charge in [0, 0.05) is 40.3 Å². The standard InChI is InChI=1S/C32H26N6/c1-16(2)32-37-26-11-10-22-21-7-4-18(14-20(21)6-9-23(22)27(26)38-32)19-5-8-24-25(15-19)28-30(34-13-12-33-28)31-29(24)35-17(3)36-31/h4-9,12-16H,10-11H2,1-3H3,(H,35,36)(H,37,38). The lowest BCUT2D eigenvalue weighted by Gasteiger charge is -2.18. The maximum atomic E-state index is 4.97. The normalized spacial score (nSPS) is 13.2. The van der Waals surface area contributed by atoms with Gasteiger partial charge >= 0.3 is 0 Å². The van der Waals surface area contributed by atoms with E-state index in [2.05, 4.69) is 77.3 Å². The molecule has 0 bridgehead atoms. The van der Waals surface area contributed by atoms with E-state index in [1.165, 1.54) is 33.2 Å². The molecule has 6 heteroatoms. The SMILES string of the molecule is Cc1nc2c3nccnc3c3cc(-c4ccc5c6c(ccc5c4)-c4nc(C(C)C)[nH]c4CC6)ccc3c2[nH]1. The Labute approximate surface area is 219 Å². The molecule has 0 saturated heterocycles. The highest BCUT2D eigenvalue weighted by Gasteiger charge is 2.23. The zero-order chi connectivity index (χ0) is 25.5. The zero-order valence-electron chi connectivity index (χ0n) is 21.6. The van der Waals surface area contributed by atoms with Crippen LogP contribution in [0.25, 0.3) is 66.0 Å². The summed E-state index contributed by atoms with van der Waals surface area (Å²) in [5.41, 5.74) is 11.0. The number of aromatic amines is 2. The van der Waals surface area contributed by atoms with Gasteiger partial charge in [0.15, 0.2) is 0 Å². The van der Waals surface area contributed by atoms with E-state index in [0.717, 1.165) is 68.6 Å². The Morgan fingerprint density at radius 2 is 1.53 bits per heavy atom. The number of fused-ring (bicyclic) bond motifs is 11. The number of rotatable bonds is 2. The van der Waals surface area contributed by atoms with Crippen molar-refractivity contribution in [3.05, 3.63) is 83.8 Å². The fourth-order valence-corrected chi connectivity index (χ4v) is 6.13. The first-order chi connectivity index (χ1) is 18.5. The topological polar surface area (TPSA) is 83.1 Å². The molecule has 2 N–H and O–H groups in total. The monoisotopic (exact) mass is 494 g/mol. The van der Waals surface area contributed by atoms with Gasteiger partial charge in [0.2, 0.25) is 0 Å². The van der Waals surface area contributed by atoms with Crippen LogP contribution in [0.4, 0.5) is 0 Å². The van der Waals surface area contributed by atoms with E-state index >= 15 is 0 Å². The van der Waals surface area contributed by atoms with Gasteiger partial charge in [-0.2, -0.15) is 0 Å². The van der Waals surface area contributed by atoms with Gasteiger partial charge in [-0.3, -0.25) is 9.97 Å². The molecule has 1 aliphatic carbocycles. The Morgan fingerprint density at radius 3 is 2.37 bits per heavy atom. The Morgan fingerprint density at radius 1 is 0.737 bits per heavy atom. The molecule has 0 atom stereocenters. The molecule has 4 aromatic carbocycles. The molecule has 6 nitrogen and oxygen atoms in total. The first kappa shape index (κ1) is 21.5. The van der Waals surface area contributed by atoms with Crippen molar-refractivity contribution in [3.8, 4) is 22.4 Å². The Balaban J connectivity index is 1.29. The van der Waals surface area contributed by atoms with E-state index in [4.69, 9.17) is 15.0 Å². The molecule has 0 amide bonds. The Hall–Kier alpha value is -4.58. The van der Waals surface area contributed by atoms with Crippen LogP contribution < -0.4 is 0 Å². The summed E-state index contributed by atoms with van der Waals surface area (Å²) < 4.78 is 0. The lowest BCUT2D eigenvalue weighted by molar-refractivity contribution is 0.787. The average Bonchev–Trinajstić information content (AvgIpc) is 3.56. The number of nitrogens with one attached hydrogen (secondary N) is 2. The third kappa shape index (κ3) is 3.00. The predicted octanol–water partition coefficient (Wildman–Crippen LogP) is 7.40. The van der Waals surface area contributed by atoms with Crippen molar-refractivity contribution in [1.82, 2.24) is 29.9 Å². The van der Waals surface area contributed by atoms with Crippen LogP contribution in [0.5, 0.6) is 0 Å². The van der Waals surface area contributed by atoms with E-state index in [-0.39, 0.29) is 0 Å². The first-order valence-electron chi connectivity index (χ1n) is 13.2. The van der Waals surface area contributed by atoms with Crippen LogP contribution in [0.2, 0.25) is 0 Å². The summed E-state index contributed by atoms with van der Waals surface area (Å²) in [5, 5.41) is 4.77. The van der Waals surface area contributed by atoms with Crippen LogP contribution in [0.15, 0.2) is 60.9 Å². The third-order valence-electron chi connectivity index (χ3n) is 7.98. The molecular formula is C32H26N6. The molecule has 0 aliphatic heterocycles. The molecule has 38 heavy (non-hydrogen) atoms. The minimum Gasteiger partial charge on any atom is -0.345 e. The minimum absolute atomic E-state index is 0.394. The second-order valence-corrected chi connectivity index (χ2v) is 10.7. The number of H-pyrrole nitrogens is 2. The van der Waals surface area contributed by atoms with Crippen molar-refractivity contribution in [2.75, 3.05) is 0 Å². The molecule has 0 fully saturated rings. The Bertz CT molecular complexity index is 2080. The van der Waals surface area contributed by atoms with Gasteiger partial charge in [-0.15, -0.1) is 0 Å². The van der Waals surface area contributed by atoms with Gasteiger partial charge in [0.05, 0.1) is 16.7 Å². The van der Waals surface area contributed by atoms with Crippen LogP contribution in [0.3, 0.4) is 0 Å². The van der Waals surface area contributed by atoms with Crippen molar-refractivity contribution in [2.45, 2.75) is 39.5 Å². The van der Waals surface area contributed by atoms with Gasteiger partial charge in [-0.1, -0.05) is 50.2 Å². The summed E-state index contributed by atoms with van der Waals surface area (Å²) in [7, 11) is 0. The van der Waals surface area contributed by atoms with Gasteiger partial charge in [0.1, 0.15) is 22.7 Å². The average molecular weight is 495 g/mol. The fourth-order valence-electron chi connectivity index (χ4n) is 6.13. The third-order valence-corrected chi connectivity index (χ3v) is 7.98. The number of nitrogens with zero attached hydrogens (tertiary/aromatic N) is 4. The van der Waals surface area contributed by atoms with Crippen LogP contribution in [0, 0.1) is 6.92 Å². The summed E-state index contributed by atoms with van der Waals surface area (Å²) in [4.78, 5) is 26.0. The van der Waals surface area contributed by atoms with E-state index in [1.54, 1.807) is 12.4 Å². The van der Waals surface area contributed by atoms with Crippen molar-refractivity contribution in [2.24, 2.45) is 0 Å². The quantitative estimate of drug-likeness (QED) is 0.245. The summed E-state index contributed by atoms with van der Waals surface area (Å²) in [6.07, 6.45) is 5.52. The molecule has 3 aromatic heterocycles. The smallest absolute Gasteiger partial charge is 0.117 e. The fraction of sp³-hybridized carbons (Fsp3) is 0.188. The Kier molecular flexibility index (Phi) is 4.36. The molecular weight excluding hydrogens is 468 g/mol. The molecule has 0 unspecified atom stereocenters. The predicted molar refractivity (Wildman–Crippen MR) is 153 cm³/mol. The maximum absolute atomic E-state index is 4.97. The number of aromatic nitrogens is 6. The number of imidazole rings is 2. The van der Waals surface area contributed by atoms with E-state index in [1.807, 2.05) is 6.92 Å². The van der Waals surface area contributed by atoms with Crippen molar-refractivity contribution in [1.29, 1.82) is 0 Å². The van der Waals surface area contributed by atoms with Crippen molar-refractivity contribution < 1.29 is 0 Å². The van der Waals surface area contributed by atoms with Crippen molar-refractivity contribution in [3.63, 3.8) is 0 Å². The van der Waals surface area contributed by atoms with Gasteiger partial charge in [-0.05, 0) is 59.4 Å². The summed E-state index contributed by atoms with van der Waals surface area (Å²) in [5.74, 6) is 2.35. The van der Waals surface area contributed by atoms with Crippen LogP contribution in [-0.4, -0.2) is 29.9 Å². The molecule has 8 rings (SSSR count). The largest absolute Gasteiger partial charge is 0.345 e. The highest BCUT2D eigenvalue weighted by Crippen LogP contribution is 2.39. The molecule has 1 aliphatic rings. The number of aryl methyl sites for hydroxylation is 3. The van der Waals surface area contributed by atoms with Crippen LogP contribution in [0.1, 0.15) is 42.7 Å². The molecule has 184 valence electrons. The van der Waals surface area contributed by atoms with Crippen LogP contribution >= 0.6 is 0 Å². The molecule has 0 spiro atoms. The molecule has 0 saturated carbocycles. The second kappa shape index (κ2) is 7.71. The molecule has 3 heterocycles. The van der Waals surface area contributed by atoms with E-state index in [9.17, 15) is 0 Å². The van der Waals surface area contributed by atoms with Gasteiger partial charge < -0.3 is 9.97 Å². The lowest BCUT2D eigenvalue weighted by atomic mass is 9.87. The van der Waals surface area contributed by atoms with Gasteiger partial charge in [0.25, 0.3) is 0 Å². The number of benzene rings is 4. The highest BCUT2D eigenvalue weighted by molar-refractivity contribution is 6.21. The lowest BCUT2D eigenvalue weighted by Crippen LogP contribution is -2.04. The van der Waals surface area contributed by atoms with Gasteiger partial charge in [-0.25, -0.2) is 9.97 Å². The van der Waals surface area contributed by atoms with E-state index < -0.39 is 0 Å². The maximum Gasteiger partial charge on any atom is 0.117 e. The minimum atomic E-state index is 0.394. The molecule has 0 radical (unpaired) electrons. The summed E-state index contributed by atoms with van der Waals surface area (Å²) in [6, 6.07) is 18.0. The van der Waals surface area contributed by atoms with Crippen LogP contribution in [-0.2, 0) is 12.8 Å². The zero-order valence-corrected chi connectivity index (χ0v) is 21.6. The first-order valence-corrected chi connectivity index (χ1v) is 13.2. The molecule has 7 aromatic rings. The summed E-state index contributed by atoms with van der Waals surface area (Å²) >= 11 is 0. The van der Waals surface area contributed by atoms with Crippen molar-refractivity contribution >= 4 is 43.6 Å². The summed E-state index contributed by atoms with van der Waals surface area (Å²) in [6.45, 7) is 6.36. The number of hydrogen-bond donors (Lipinski definition) is 2. The number of hydrogen-bond acceptors (Lipinski definition) is 4. The van der Waals surface area contributed by atoms with E-state index in [0.29, 0.717) is 5.92 Å². The highest BCUT2D eigenvalue weighted by atomic mass is 14.9. The second-order valence-electron chi connectivity index (χ2n) is 10.7.